The molecule has 3 rings (SSSR count). The smallest absolute Gasteiger partial charge is 0.368 e. The Bertz CT molecular complexity index is 832. The summed E-state index contributed by atoms with van der Waals surface area (Å²) in [5.74, 6) is 0.355. The van der Waals surface area contributed by atoms with Gasteiger partial charge in [-0.3, -0.25) is 5.09 Å². The summed E-state index contributed by atoms with van der Waals surface area (Å²) in [7, 11) is 1.54. The van der Waals surface area contributed by atoms with Gasteiger partial charge < -0.3 is 4.74 Å². The molecule has 0 amide bonds. The molecule has 0 aliphatic carbocycles. The molecule has 0 spiro atoms. The number of hydrogen-bond donors (Lipinski definition) is 1. The van der Waals surface area contributed by atoms with Gasteiger partial charge in [0.15, 0.2) is 1.41 Å². The maximum Gasteiger partial charge on any atom is 0.368 e. The summed E-state index contributed by atoms with van der Waals surface area (Å²) in [6.07, 6.45) is 1.48. The second-order valence-electron chi connectivity index (χ2n) is 4.16. The van der Waals surface area contributed by atoms with Crippen molar-refractivity contribution in [3.05, 3.63) is 39.3 Å². The molecule has 0 aliphatic heterocycles. The Kier molecular flexibility index (Phi) is 2.81. The molecule has 0 aliphatic rings. The van der Waals surface area contributed by atoms with E-state index in [0.717, 1.165) is 16.2 Å². The molecule has 3 aromatic heterocycles. The summed E-state index contributed by atoms with van der Waals surface area (Å²) in [6, 6.07) is 1.60. The van der Waals surface area contributed by atoms with Crippen LogP contribution in [-0.2, 0) is 13.7 Å². The Labute approximate surface area is 119 Å². The number of thiophene rings is 1. The van der Waals surface area contributed by atoms with Gasteiger partial charge in [0.2, 0.25) is 5.88 Å². The van der Waals surface area contributed by atoms with E-state index in [-0.39, 0.29) is 12.3 Å². The number of nitrogens with zero attached hydrogens (tertiary/aromatic N) is 5. The number of aromatic nitrogens is 6. The van der Waals surface area contributed by atoms with Crippen LogP contribution in [-0.4, -0.2) is 30.0 Å². The van der Waals surface area contributed by atoms with Crippen LogP contribution in [0.4, 0.5) is 0 Å². The van der Waals surface area contributed by atoms with Crippen molar-refractivity contribution < 1.29 is 6.15 Å². The number of H-pyrrole nitrogens is 1. The highest BCUT2D eigenvalue weighted by atomic mass is 32.1. The highest BCUT2D eigenvalue weighted by Crippen LogP contribution is 2.25. The SMILES string of the molecule is [3H]n1ccc(OCc2c(C)csc2-n2nnn(C)c2=O)n1. The minimum Gasteiger partial charge on any atom is -0.472 e. The molecule has 0 unspecified atom stereocenters. The molecule has 0 saturated carbocycles. The van der Waals surface area contributed by atoms with Crippen LogP contribution in [0.25, 0.3) is 5.00 Å². The lowest BCUT2D eigenvalue weighted by atomic mass is 10.2. The Balaban J connectivity index is 1.90. The highest BCUT2D eigenvalue weighted by Gasteiger charge is 2.16. The maximum atomic E-state index is 11.9. The van der Waals surface area contributed by atoms with E-state index in [1.807, 2.05) is 12.3 Å². The normalized spacial score (nSPS) is 11.6. The summed E-state index contributed by atoms with van der Waals surface area (Å²) in [5, 5.41) is 14.9. The monoisotopic (exact) mass is 294 g/mol. The van der Waals surface area contributed by atoms with Crippen LogP contribution in [0.3, 0.4) is 0 Å². The predicted octanol–water partition coefficient (Wildman–Crippen LogP) is 0.638. The number of aromatic amines is 1. The van der Waals surface area contributed by atoms with E-state index in [1.54, 1.807) is 13.1 Å². The van der Waals surface area contributed by atoms with E-state index in [0.29, 0.717) is 10.9 Å². The predicted molar refractivity (Wildman–Crippen MR) is 72.1 cm³/mol. The Morgan fingerprint density at radius 1 is 1.55 bits per heavy atom. The molecule has 0 atom stereocenters. The Morgan fingerprint density at radius 3 is 3.05 bits per heavy atom. The van der Waals surface area contributed by atoms with Crippen molar-refractivity contribution in [1.82, 2.24) is 30.0 Å². The van der Waals surface area contributed by atoms with Gasteiger partial charge in [0.1, 0.15) is 11.6 Å². The van der Waals surface area contributed by atoms with Gasteiger partial charge in [-0.05, 0) is 28.3 Å². The van der Waals surface area contributed by atoms with Gasteiger partial charge in [0, 0.05) is 24.9 Å². The minimum atomic E-state index is -0.312. The molecule has 0 fully saturated rings. The lowest BCUT2D eigenvalue weighted by molar-refractivity contribution is 0.292. The van der Waals surface area contributed by atoms with Gasteiger partial charge in [0.05, 0.1) is 0 Å². The van der Waals surface area contributed by atoms with E-state index in [2.05, 4.69) is 15.5 Å². The van der Waals surface area contributed by atoms with Crippen molar-refractivity contribution in [3.8, 4) is 10.9 Å². The van der Waals surface area contributed by atoms with Crippen LogP contribution in [0.5, 0.6) is 5.88 Å². The van der Waals surface area contributed by atoms with E-state index in [9.17, 15) is 4.79 Å². The van der Waals surface area contributed by atoms with Crippen molar-refractivity contribution in [3.63, 3.8) is 0 Å². The van der Waals surface area contributed by atoms with Crippen molar-refractivity contribution in [2.75, 3.05) is 0 Å². The number of rotatable bonds is 4. The third kappa shape index (κ3) is 2.11. The molecule has 8 nitrogen and oxygen atoms in total. The summed E-state index contributed by atoms with van der Waals surface area (Å²) in [4.78, 5) is 11.9. The van der Waals surface area contributed by atoms with Crippen LogP contribution < -0.4 is 10.4 Å². The summed E-state index contributed by atoms with van der Waals surface area (Å²) >= 11 is 1.40. The standard InChI is InChI=1S/C11H12N6O2S/c1-7-6-20-10(17-11(18)16(2)14-15-17)8(7)5-19-9-3-4-12-13-9/h3-4,6H,5H2,1-2H3,(H,12,13)/i/hT. The zero-order chi connectivity index (χ0) is 15.0. The number of aryl methyl sites for hydroxylation is 2. The quantitative estimate of drug-likeness (QED) is 0.762. The first-order valence-electron chi connectivity index (χ1n) is 6.25. The largest absolute Gasteiger partial charge is 0.472 e. The number of hydrogen-bond acceptors (Lipinski definition) is 6. The van der Waals surface area contributed by atoms with E-state index in [1.165, 1.54) is 26.9 Å². The van der Waals surface area contributed by atoms with Crippen LogP contribution in [0.15, 0.2) is 22.4 Å². The van der Waals surface area contributed by atoms with Gasteiger partial charge >= 0.3 is 5.69 Å². The first-order valence-corrected chi connectivity index (χ1v) is 6.68. The molecule has 20 heavy (non-hydrogen) atoms. The van der Waals surface area contributed by atoms with Crippen molar-refractivity contribution >= 4 is 11.3 Å². The fourth-order valence-electron chi connectivity index (χ4n) is 1.69. The average Bonchev–Trinajstić information content (AvgIpc) is 3.11. The van der Waals surface area contributed by atoms with Gasteiger partial charge in [-0.1, -0.05) is 0 Å². The highest BCUT2D eigenvalue weighted by molar-refractivity contribution is 7.12. The van der Waals surface area contributed by atoms with E-state index >= 15 is 0 Å². The van der Waals surface area contributed by atoms with Crippen LogP contribution in [0, 0.1) is 6.92 Å². The van der Waals surface area contributed by atoms with Crippen molar-refractivity contribution in [2.45, 2.75) is 13.5 Å². The zero-order valence-electron chi connectivity index (χ0n) is 11.8. The third-order valence-corrected chi connectivity index (χ3v) is 3.91. The van der Waals surface area contributed by atoms with Gasteiger partial charge in [0.25, 0.3) is 0 Å². The summed E-state index contributed by atoms with van der Waals surface area (Å²) < 4.78 is 15.2. The molecular weight excluding hydrogens is 280 g/mol. The number of nitrogens with one attached hydrogen (secondary N) is 1. The molecule has 0 radical (unpaired) electrons. The lowest BCUT2D eigenvalue weighted by Crippen LogP contribution is -2.22. The molecule has 1 N–H and O–H groups in total. The molecule has 3 aromatic rings. The number of tetrazole rings is 1. The van der Waals surface area contributed by atoms with Crippen LogP contribution in [0.2, 0.25) is 1.41 Å². The Morgan fingerprint density at radius 2 is 2.40 bits per heavy atom. The molecule has 3 heterocycles. The van der Waals surface area contributed by atoms with Crippen molar-refractivity contribution in [2.24, 2.45) is 7.05 Å². The topological polar surface area (TPSA) is 90.6 Å². The van der Waals surface area contributed by atoms with E-state index in [4.69, 9.17) is 6.15 Å². The summed E-state index contributed by atoms with van der Waals surface area (Å²) in [6.45, 7) is 2.17. The average molecular weight is 294 g/mol. The fraction of sp³-hybridized carbons (Fsp3) is 0.273. The molecule has 0 bridgehead atoms. The van der Waals surface area contributed by atoms with Crippen LogP contribution in [0.1, 0.15) is 11.1 Å². The molecule has 0 saturated heterocycles. The maximum absolute atomic E-state index is 11.9. The molecule has 104 valence electrons. The minimum absolute atomic E-state index is 0.241. The molecular formula is C11H12N6O2S. The van der Waals surface area contributed by atoms with Crippen molar-refractivity contribution in [1.29, 1.82) is 0 Å². The fourth-order valence-corrected chi connectivity index (χ4v) is 2.70. The lowest BCUT2D eigenvalue weighted by Gasteiger charge is -2.05. The third-order valence-electron chi connectivity index (χ3n) is 2.80. The van der Waals surface area contributed by atoms with E-state index < -0.39 is 0 Å². The number of ether oxygens (including phenoxy) is 1. The van der Waals surface area contributed by atoms with Gasteiger partial charge in [-0.15, -0.1) is 21.1 Å². The second kappa shape index (κ2) is 4.93. The molecule has 0 aromatic carbocycles. The van der Waals surface area contributed by atoms with Gasteiger partial charge in [-0.25, -0.2) is 4.79 Å². The Hall–Kier alpha value is -2.42. The summed E-state index contributed by atoms with van der Waals surface area (Å²) in [5.41, 5.74) is 1.54. The van der Waals surface area contributed by atoms with Gasteiger partial charge in [-0.2, -0.15) is 4.68 Å². The first kappa shape index (κ1) is 11.4. The second-order valence-corrected chi connectivity index (χ2v) is 5.02. The molecule has 9 heteroatoms. The van der Waals surface area contributed by atoms with Crippen LogP contribution >= 0.6 is 11.3 Å². The first-order chi connectivity index (χ1) is 10.1. The zero-order valence-corrected chi connectivity index (χ0v) is 11.7.